The van der Waals surface area contributed by atoms with Crippen LogP contribution in [0.1, 0.15) is 37.7 Å². The van der Waals surface area contributed by atoms with Crippen molar-refractivity contribution in [3.8, 4) is 0 Å². The van der Waals surface area contributed by atoms with Gasteiger partial charge in [0.2, 0.25) is 5.92 Å². The van der Waals surface area contributed by atoms with Crippen molar-refractivity contribution < 1.29 is 8.78 Å². The van der Waals surface area contributed by atoms with Gasteiger partial charge in [0.1, 0.15) is 0 Å². The van der Waals surface area contributed by atoms with Gasteiger partial charge >= 0.3 is 0 Å². The van der Waals surface area contributed by atoms with Crippen molar-refractivity contribution in [3.63, 3.8) is 0 Å². The van der Waals surface area contributed by atoms with Crippen molar-refractivity contribution >= 4 is 10.8 Å². The molecule has 0 aromatic heterocycles. The molecule has 107 valence electrons. The fourth-order valence-electron chi connectivity index (χ4n) is 2.56. The first-order valence-electron chi connectivity index (χ1n) is 7.26. The summed E-state index contributed by atoms with van der Waals surface area (Å²) in [5, 5.41) is 2.57. The molecular formula is C18H21F2. The van der Waals surface area contributed by atoms with E-state index in [0.717, 1.165) is 25.7 Å². The summed E-state index contributed by atoms with van der Waals surface area (Å²) in [6.45, 7) is 2.84. The highest BCUT2D eigenvalue weighted by molar-refractivity contribution is 5.85. The molecule has 2 aromatic rings. The number of alkyl halides is 2. The Bertz CT molecular complexity index is 535. The molecule has 0 saturated heterocycles. The maximum absolute atomic E-state index is 12.6. The Hall–Kier alpha value is -1.44. The van der Waals surface area contributed by atoms with Crippen LogP contribution in [-0.4, -0.2) is 5.92 Å². The number of hydrogen-bond acceptors (Lipinski definition) is 0. The Labute approximate surface area is 119 Å². The molecule has 2 rings (SSSR count). The van der Waals surface area contributed by atoms with Gasteiger partial charge in [-0.15, -0.1) is 0 Å². The number of rotatable bonds is 7. The van der Waals surface area contributed by atoms with Crippen LogP contribution in [-0.2, 0) is 6.42 Å². The third-order valence-electron chi connectivity index (χ3n) is 3.62. The van der Waals surface area contributed by atoms with Gasteiger partial charge in [-0.2, -0.15) is 0 Å². The molecule has 0 aliphatic rings. The fraction of sp³-hybridized carbons (Fsp3) is 0.389. The summed E-state index contributed by atoms with van der Waals surface area (Å²) in [4.78, 5) is 0. The number of benzene rings is 2. The average Bonchev–Trinajstić information content (AvgIpc) is 2.41. The van der Waals surface area contributed by atoms with Gasteiger partial charge in [0.15, 0.2) is 0 Å². The Morgan fingerprint density at radius 3 is 2.35 bits per heavy atom. The molecule has 0 spiro atoms. The quantitative estimate of drug-likeness (QED) is 0.560. The van der Waals surface area contributed by atoms with Gasteiger partial charge in [0.05, 0.1) is 0 Å². The van der Waals surface area contributed by atoms with E-state index in [-0.39, 0.29) is 6.42 Å². The van der Waals surface area contributed by atoms with Gasteiger partial charge < -0.3 is 0 Å². The summed E-state index contributed by atoms with van der Waals surface area (Å²) in [7, 11) is 0. The smallest absolute Gasteiger partial charge is 0.207 e. The van der Waals surface area contributed by atoms with E-state index in [1.165, 1.54) is 16.3 Å². The zero-order valence-corrected chi connectivity index (χ0v) is 11.7. The Kier molecular flexibility index (Phi) is 5.11. The van der Waals surface area contributed by atoms with Gasteiger partial charge in [0.25, 0.3) is 0 Å². The normalized spacial score (nSPS) is 11.9. The summed E-state index contributed by atoms with van der Waals surface area (Å²) in [6.07, 6.45) is 4.39. The lowest BCUT2D eigenvalue weighted by Gasteiger charge is -2.09. The molecular weight excluding hydrogens is 254 g/mol. The van der Waals surface area contributed by atoms with Crippen LogP contribution in [0.4, 0.5) is 8.78 Å². The lowest BCUT2D eigenvalue weighted by Crippen LogP contribution is -2.09. The van der Waals surface area contributed by atoms with E-state index in [1.807, 2.05) is 6.07 Å². The van der Waals surface area contributed by atoms with Crippen molar-refractivity contribution in [2.24, 2.45) is 0 Å². The van der Waals surface area contributed by atoms with E-state index in [9.17, 15) is 8.78 Å². The van der Waals surface area contributed by atoms with Crippen LogP contribution < -0.4 is 0 Å². The lowest BCUT2D eigenvalue weighted by atomic mass is 9.99. The maximum Gasteiger partial charge on any atom is 0.248 e. The van der Waals surface area contributed by atoms with E-state index in [1.54, 1.807) is 0 Å². The number of fused-ring (bicyclic) bond motifs is 1. The molecule has 0 saturated carbocycles. The molecule has 2 heteroatoms. The van der Waals surface area contributed by atoms with E-state index >= 15 is 0 Å². The van der Waals surface area contributed by atoms with Gasteiger partial charge in [-0.3, -0.25) is 0 Å². The molecule has 0 amide bonds. The third kappa shape index (κ3) is 4.59. The van der Waals surface area contributed by atoms with E-state index in [2.05, 4.69) is 43.3 Å². The predicted octanol–water partition coefficient (Wildman–Crippen LogP) is 5.80. The van der Waals surface area contributed by atoms with Gasteiger partial charge in [-0.1, -0.05) is 55.3 Å². The van der Waals surface area contributed by atoms with Crippen LogP contribution in [0.3, 0.4) is 0 Å². The average molecular weight is 275 g/mol. The number of aryl methyl sites for hydroxylation is 1. The number of halogens is 2. The largest absolute Gasteiger partial charge is 0.248 e. The zero-order chi connectivity index (χ0) is 14.4. The molecule has 2 aromatic carbocycles. The van der Waals surface area contributed by atoms with Gasteiger partial charge in [-0.05, 0) is 35.6 Å². The standard InChI is InChI=1S/C18H21F2/c1-18(19,20)14-7-3-2-4-9-15-11-8-12-16-10-5-6-13-17(15)16/h5-6,8,10-13H,1-4,7,9,14H2. The molecule has 0 aliphatic heterocycles. The first-order valence-corrected chi connectivity index (χ1v) is 7.26. The Balaban J connectivity index is 1.79. The fourth-order valence-corrected chi connectivity index (χ4v) is 2.56. The molecule has 0 unspecified atom stereocenters. The summed E-state index contributed by atoms with van der Waals surface area (Å²) in [5.41, 5.74) is 1.35. The monoisotopic (exact) mass is 275 g/mol. The number of hydrogen-bond donors (Lipinski definition) is 0. The second kappa shape index (κ2) is 6.83. The van der Waals surface area contributed by atoms with Crippen molar-refractivity contribution in [1.29, 1.82) is 0 Å². The first kappa shape index (κ1) is 15.0. The number of unbranched alkanes of at least 4 members (excludes halogenated alkanes) is 3. The van der Waals surface area contributed by atoms with Crippen LogP contribution in [0.25, 0.3) is 10.8 Å². The van der Waals surface area contributed by atoms with Gasteiger partial charge in [-0.25, -0.2) is 8.78 Å². The molecule has 1 radical (unpaired) electrons. The highest BCUT2D eigenvalue weighted by Gasteiger charge is 2.19. The predicted molar refractivity (Wildman–Crippen MR) is 81.0 cm³/mol. The van der Waals surface area contributed by atoms with Crippen LogP contribution in [0.5, 0.6) is 0 Å². The molecule has 0 nitrogen and oxygen atoms in total. The Morgan fingerprint density at radius 1 is 0.850 bits per heavy atom. The zero-order valence-electron chi connectivity index (χ0n) is 11.7. The minimum absolute atomic E-state index is 0.0960. The van der Waals surface area contributed by atoms with Crippen molar-refractivity contribution in [2.45, 2.75) is 44.4 Å². The molecule has 0 aliphatic carbocycles. The first-order chi connectivity index (χ1) is 9.56. The van der Waals surface area contributed by atoms with Crippen LogP contribution >= 0.6 is 0 Å². The van der Waals surface area contributed by atoms with Crippen LogP contribution in [0.15, 0.2) is 42.5 Å². The molecule has 20 heavy (non-hydrogen) atoms. The minimum atomic E-state index is -2.75. The highest BCUT2D eigenvalue weighted by Crippen LogP contribution is 2.22. The summed E-state index contributed by atoms with van der Waals surface area (Å²) < 4.78 is 25.1. The van der Waals surface area contributed by atoms with Gasteiger partial charge in [0, 0.05) is 13.3 Å². The SMILES string of the molecule is [CH2]C(F)(F)CCCCCCc1cccc2ccccc12. The van der Waals surface area contributed by atoms with Crippen molar-refractivity contribution in [3.05, 3.63) is 55.0 Å². The van der Waals surface area contributed by atoms with E-state index in [0.29, 0.717) is 6.42 Å². The second-order valence-corrected chi connectivity index (χ2v) is 5.41. The molecule has 0 bridgehead atoms. The molecule has 0 atom stereocenters. The van der Waals surface area contributed by atoms with E-state index < -0.39 is 5.92 Å². The second-order valence-electron chi connectivity index (χ2n) is 5.41. The van der Waals surface area contributed by atoms with E-state index in [4.69, 9.17) is 0 Å². The van der Waals surface area contributed by atoms with Crippen molar-refractivity contribution in [2.75, 3.05) is 0 Å². The summed E-state index contributed by atoms with van der Waals surface area (Å²) in [5.74, 6) is -2.75. The maximum atomic E-state index is 12.6. The van der Waals surface area contributed by atoms with Crippen LogP contribution in [0.2, 0.25) is 0 Å². The molecule has 0 N–H and O–H groups in total. The molecule has 0 fully saturated rings. The topological polar surface area (TPSA) is 0 Å². The van der Waals surface area contributed by atoms with Crippen molar-refractivity contribution in [1.82, 2.24) is 0 Å². The molecule has 0 heterocycles. The summed E-state index contributed by atoms with van der Waals surface area (Å²) in [6, 6.07) is 14.7. The third-order valence-corrected chi connectivity index (χ3v) is 3.62. The summed E-state index contributed by atoms with van der Waals surface area (Å²) >= 11 is 0. The Morgan fingerprint density at radius 2 is 1.55 bits per heavy atom. The van der Waals surface area contributed by atoms with Crippen LogP contribution in [0, 0.1) is 6.92 Å². The lowest BCUT2D eigenvalue weighted by molar-refractivity contribution is 0.0395. The highest BCUT2D eigenvalue weighted by atomic mass is 19.3. The minimum Gasteiger partial charge on any atom is -0.207 e.